The molecule has 1 aromatic heterocycles. The van der Waals surface area contributed by atoms with Gasteiger partial charge in [0, 0.05) is 31.7 Å². The van der Waals surface area contributed by atoms with Crippen molar-refractivity contribution in [3.8, 4) is 0 Å². The van der Waals surface area contributed by atoms with Gasteiger partial charge in [-0.2, -0.15) is 0 Å². The van der Waals surface area contributed by atoms with Crippen LogP contribution in [-0.2, 0) is 11.3 Å². The van der Waals surface area contributed by atoms with E-state index in [9.17, 15) is 9.59 Å². The van der Waals surface area contributed by atoms with Crippen LogP contribution in [-0.4, -0.2) is 53.8 Å². The number of nitrogens with one attached hydrogen (secondary N) is 1. The van der Waals surface area contributed by atoms with Crippen molar-refractivity contribution in [3.05, 3.63) is 58.0 Å². The van der Waals surface area contributed by atoms with Crippen LogP contribution in [0.4, 0.5) is 0 Å². The third kappa shape index (κ3) is 5.25. The van der Waals surface area contributed by atoms with E-state index in [1.54, 1.807) is 24.5 Å². The monoisotopic (exact) mass is 463 g/mol. The van der Waals surface area contributed by atoms with Crippen LogP contribution >= 0.6 is 23.2 Å². The molecule has 0 spiro atoms. The Morgan fingerprint density at radius 3 is 2.45 bits per heavy atom. The maximum absolute atomic E-state index is 13.1. The highest BCUT2D eigenvalue weighted by molar-refractivity contribution is 6.42. The lowest BCUT2D eigenvalue weighted by atomic mass is 9.95. The molecule has 2 amide bonds. The lowest BCUT2D eigenvalue weighted by Gasteiger charge is -2.40. The number of carbonyl (C=O) groups is 2. The van der Waals surface area contributed by atoms with Crippen molar-refractivity contribution in [2.45, 2.75) is 38.3 Å². The molecule has 1 aliphatic carbocycles. The molecule has 2 aromatic rings. The molecule has 0 radical (unpaired) electrons. The first-order valence-corrected chi connectivity index (χ1v) is 11.6. The van der Waals surface area contributed by atoms with Gasteiger partial charge in [0.15, 0.2) is 0 Å². The summed E-state index contributed by atoms with van der Waals surface area (Å²) in [5.74, 6) is 1.09. The second kappa shape index (κ2) is 10.1. The van der Waals surface area contributed by atoms with E-state index >= 15 is 0 Å². The second-order valence-electron chi connectivity index (χ2n) is 8.24. The Morgan fingerprint density at radius 1 is 1.06 bits per heavy atom. The van der Waals surface area contributed by atoms with Crippen molar-refractivity contribution in [1.29, 1.82) is 0 Å². The predicted molar refractivity (Wildman–Crippen MR) is 120 cm³/mol. The van der Waals surface area contributed by atoms with E-state index in [0.717, 1.165) is 18.6 Å². The van der Waals surface area contributed by atoms with E-state index < -0.39 is 0 Å². The molecule has 2 fully saturated rings. The van der Waals surface area contributed by atoms with Crippen LogP contribution in [0, 0.1) is 5.92 Å². The van der Waals surface area contributed by atoms with Gasteiger partial charge in [-0.3, -0.25) is 14.5 Å². The van der Waals surface area contributed by atoms with E-state index in [4.69, 9.17) is 27.6 Å². The van der Waals surface area contributed by atoms with Crippen LogP contribution in [0.3, 0.4) is 0 Å². The fourth-order valence-electron chi connectivity index (χ4n) is 4.66. The summed E-state index contributed by atoms with van der Waals surface area (Å²) in [5.41, 5.74) is 0.534. The molecule has 6 nitrogen and oxygen atoms in total. The summed E-state index contributed by atoms with van der Waals surface area (Å²) in [6.07, 6.45) is 6.09. The number of nitrogens with zero attached hydrogens (tertiary/aromatic N) is 2. The molecule has 1 aliphatic heterocycles. The number of rotatable bonds is 6. The molecule has 1 saturated heterocycles. The highest BCUT2D eigenvalue weighted by Gasteiger charge is 2.37. The zero-order chi connectivity index (χ0) is 21.8. The van der Waals surface area contributed by atoms with E-state index in [1.165, 1.54) is 12.8 Å². The molecule has 31 heavy (non-hydrogen) atoms. The molecular weight excluding hydrogens is 437 g/mol. The van der Waals surface area contributed by atoms with Crippen molar-refractivity contribution >= 4 is 35.0 Å². The van der Waals surface area contributed by atoms with Gasteiger partial charge in [0.2, 0.25) is 5.91 Å². The number of hydrogen-bond acceptors (Lipinski definition) is 4. The minimum atomic E-state index is -0.167. The summed E-state index contributed by atoms with van der Waals surface area (Å²) >= 11 is 12.0. The molecule has 2 aliphatic rings. The predicted octanol–water partition coefficient (Wildman–Crippen LogP) is 4.22. The molecule has 0 bridgehead atoms. The maximum Gasteiger partial charge on any atom is 0.253 e. The fourth-order valence-corrected chi connectivity index (χ4v) is 4.96. The van der Waals surface area contributed by atoms with Crippen LogP contribution in [0.1, 0.15) is 41.8 Å². The first-order chi connectivity index (χ1) is 15.0. The highest BCUT2D eigenvalue weighted by Crippen LogP contribution is 2.31. The number of benzene rings is 1. The SMILES string of the molecule is O=C(NCc1ccco1)C(C1CCCC1)N1CCN(C(=O)c2ccc(Cl)c(Cl)c2)CC1. The number of piperazine rings is 1. The van der Waals surface area contributed by atoms with Crippen molar-refractivity contribution in [2.24, 2.45) is 5.92 Å². The highest BCUT2D eigenvalue weighted by atomic mass is 35.5. The van der Waals surface area contributed by atoms with Crippen molar-refractivity contribution < 1.29 is 14.0 Å². The minimum absolute atomic E-state index is 0.0487. The Bertz CT molecular complexity index is 905. The Balaban J connectivity index is 1.39. The Kier molecular flexibility index (Phi) is 7.20. The van der Waals surface area contributed by atoms with Gasteiger partial charge in [-0.25, -0.2) is 0 Å². The molecule has 166 valence electrons. The molecule has 1 N–H and O–H groups in total. The van der Waals surface area contributed by atoms with Crippen LogP contribution in [0.15, 0.2) is 41.0 Å². The first-order valence-electron chi connectivity index (χ1n) is 10.8. The molecular formula is C23H27Cl2N3O3. The largest absolute Gasteiger partial charge is 0.467 e. The second-order valence-corrected chi connectivity index (χ2v) is 9.06. The van der Waals surface area contributed by atoms with Gasteiger partial charge in [-0.05, 0) is 49.1 Å². The maximum atomic E-state index is 13.1. The number of hydrogen-bond donors (Lipinski definition) is 1. The van der Waals surface area contributed by atoms with E-state index in [0.29, 0.717) is 54.3 Å². The van der Waals surface area contributed by atoms with Gasteiger partial charge < -0.3 is 14.6 Å². The first kappa shape index (κ1) is 22.2. The molecule has 1 unspecified atom stereocenters. The zero-order valence-corrected chi connectivity index (χ0v) is 18.9. The van der Waals surface area contributed by atoms with Gasteiger partial charge in [0.25, 0.3) is 5.91 Å². The molecule has 4 rings (SSSR count). The fraction of sp³-hybridized carbons (Fsp3) is 0.478. The number of carbonyl (C=O) groups excluding carboxylic acids is 2. The summed E-state index contributed by atoms with van der Waals surface area (Å²) in [5, 5.41) is 3.86. The molecule has 1 aromatic carbocycles. The van der Waals surface area contributed by atoms with Crippen molar-refractivity contribution in [2.75, 3.05) is 26.2 Å². The number of halogens is 2. The zero-order valence-electron chi connectivity index (χ0n) is 17.4. The summed E-state index contributed by atoms with van der Waals surface area (Å²) in [6.45, 7) is 2.89. The Labute approximate surface area is 192 Å². The average Bonchev–Trinajstić information content (AvgIpc) is 3.49. The van der Waals surface area contributed by atoms with Crippen LogP contribution < -0.4 is 5.32 Å². The quantitative estimate of drug-likeness (QED) is 0.696. The third-order valence-electron chi connectivity index (χ3n) is 6.29. The van der Waals surface area contributed by atoms with Crippen molar-refractivity contribution in [3.63, 3.8) is 0 Å². The van der Waals surface area contributed by atoms with Gasteiger partial charge in [-0.15, -0.1) is 0 Å². The Morgan fingerprint density at radius 2 is 1.81 bits per heavy atom. The third-order valence-corrected chi connectivity index (χ3v) is 7.03. The lowest BCUT2D eigenvalue weighted by molar-refractivity contribution is -0.129. The molecule has 8 heteroatoms. The Hall–Kier alpha value is -2.02. The summed E-state index contributed by atoms with van der Waals surface area (Å²) in [7, 11) is 0. The molecule has 2 heterocycles. The van der Waals surface area contributed by atoms with Crippen LogP contribution in [0.25, 0.3) is 0 Å². The lowest BCUT2D eigenvalue weighted by Crippen LogP contribution is -2.57. The average molecular weight is 464 g/mol. The van der Waals surface area contributed by atoms with Gasteiger partial charge in [0.1, 0.15) is 5.76 Å². The summed E-state index contributed by atoms with van der Waals surface area (Å²) in [4.78, 5) is 30.1. The van der Waals surface area contributed by atoms with Crippen LogP contribution in [0.2, 0.25) is 10.0 Å². The van der Waals surface area contributed by atoms with Gasteiger partial charge >= 0.3 is 0 Å². The smallest absolute Gasteiger partial charge is 0.253 e. The van der Waals surface area contributed by atoms with Gasteiger partial charge in [-0.1, -0.05) is 36.0 Å². The van der Waals surface area contributed by atoms with Crippen LogP contribution in [0.5, 0.6) is 0 Å². The van der Waals surface area contributed by atoms with Gasteiger partial charge in [0.05, 0.1) is 28.9 Å². The normalized spacial score (nSPS) is 18.8. The number of furan rings is 1. The van der Waals surface area contributed by atoms with E-state index in [1.807, 2.05) is 17.0 Å². The summed E-state index contributed by atoms with van der Waals surface area (Å²) in [6, 6.07) is 8.47. The minimum Gasteiger partial charge on any atom is -0.467 e. The molecule has 1 saturated carbocycles. The molecule has 1 atom stereocenters. The summed E-state index contributed by atoms with van der Waals surface area (Å²) < 4.78 is 5.34. The number of amides is 2. The topological polar surface area (TPSA) is 65.8 Å². The van der Waals surface area contributed by atoms with E-state index in [2.05, 4.69) is 10.2 Å². The standard InChI is InChI=1S/C23H27Cl2N3O3/c24-19-8-7-17(14-20(19)25)23(30)28-11-9-27(10-12-28)21(16-4-1-2-5-16)22(29)26-15-18-6-3-13-31-18/h3,6-8,13-14,16,21H,1-2,4-5,9-12,15H2,(H,26,29). The van der Waals surface area contributed by atoms with Crippen molar-refractivity contribution in [1.82, 2.24) is 15.1 Å². The van der Waals surface area contributed by atoms with E-state index in [-0.39, 0.29) is 17.9 Å².